The molecular weight excluding hydrogens is 503 g/mol. The first-order chi connectivity index (χ1) is 19.1. The highest BCUT2D eigenvalue weighted by Crippen LogP contribution is 2.39. The number of hydrogen-bond donors (Lipinski definition) is 1. The van der Waals surface area contributed by atoms with E-state index in [-0.39, 0.29) is 11.9 Å². The number of ether oxygens (including phenoxy) is 4. The Labute approximate surface area is 225 Å². The van der Waals surface area contributed by atoms with Crippen molar-refractivity contribution in [1.29, 1.82) is 0 Å². The predicted molar refractivity (Wildman–Crippen MR) is 141 cm³/mol. The van der Waals surface area contributed by atoms with Crippen LogP contribution in [-0.4, -0.2) is 44.3 Å². The van der Waals surface area contributed by atoms with Crippen LogP contribution < -0.4 is 29.2 Å². The van der Waals surface area contributed by atoms with E-state index in [1.165, 1.54) is 29.2 Å². The molecule has 3 aliphatic rings. The highest BCUT2D eigenvalue weighted by molar-refractivity contribution is 6.10. The topological polar surface area (TPSA) is 86.3 Å². The number of fused-ring (bicyclic) bond motifs is 2. The summed E-state index contributed by atoms with van der Waals surface area (Å²) >= 11 is 0. The third-order valence-electron chi connectivity index (χ3n) is 7.21. The van der Waals surface area contributed by atoms with Crippen LogP contribution in [0.1, 0.15) is 47.6 Å². The molecule has 2 aliphatic heterocycles. The molecule has 9 heteroatoms. The van der Waals surface area contributed by atoms with Gasteiger partial charge in [-0.05, 0) is 60.9 Å². The first-order valence-corrected chi connectivity index (χ1v) is 13.3. The van der Waals surface area contributed by atoms with Crippen molar-refractivity contribution in [1.82, 2.24) is 5.32 Å². The number of benzene rings is 3. The zero-order chi connectivity index (χ0) is 26.8. The smallest absolute Gasteiger partial charge is 0.259 e. The van der Waals surface area contributed by atoms with Crippen LogP contribution in [0.15, 0.2) is 60.7 Å². The van der Waals surface area contributed by atoms with Gasteiger partial charge in [0.05, 0.1) is 0 Å². The zero-order valence-electron chi connectivity index (χ0n) is 21.4. The standard InChI is InChI=1S/C30H29FN2O6/c31-21-8-5-19(6-9-21)28(29(34)32-22-3-1-2-4-22)33(23-10-12-25-27(18-23)39-16-14-37-25)30(35)20-7-11-24-26(17-20)38-15-13-36-24/h5-12,17-18,22,28H,1-4,13-16H2,(H,32,34)/t28-/m1/s1. The molecule has 1 fully saturated rings. The first-order valence-electron chi connectivity index (χ1n) is 13.3. The maximum absolute atomic E-state index is 14.3. The van der Waals surface area contributed by atoms with Crippen molar-refractivity contribution in [2.24, 2.45) is 0 Å². The Hall–Kier alpha value is -4.27. The van der Waals surface area contributed by atoms with E-state index in [9.17, 15) is 14.0 Å². The number of hydrogen-bond acceptors (Lipinski definition) is 6. The lowest BCUT2D eigenvalue weighted by molar-refractivity contribution is -0.123. The van der Waals surface area contributed by atoms with Crippen LogP contribution in [0.5, 0.6) is 23.0 Å². The molecule has 0 saturated heterocycles. The summed E-state index contributed by atoms with van der Waals surface area (Å²) in [5.41, 5.74) is 1.23. The van der Waals surface area contributed by atoms with Gasteiger partial charge in [-0.1, -0.05) is 25.0 Å². The van der Waals surface area contributed by atoms with Gasteiger partial charge in [-0.25, -0.2) is 4.39 Å². The molecule has 1 aliphatic carbocycles. The number of nitrogens with zero attached hydrogens (tertiary/aromatic N) is 1. The number of nitrogens with one attached hydrogen (secondary N) is 1. The number of anilines is 1. The van der Waals surface area contributed by atoms with Gasteiger partial charge < -0.3 is 24.3 Å². The lowest BCUT2D eigenvalue weighted by Gasteiger charge is -2.33. The van der Waals surface area contributed by atoms with Gasteiger partial charge in [-0.2, -0.15) is 0 Å². The molecule has 1 N–H and O–H groups in total. The van der Waals surface area contributed by atoms with Crippen molar-refractivity contribution in [3.63, 3.8) is 0 Å². The van der Waals surface area contributed by atoms with E-state index >= 15 is 0 Å². The van der Waals surface area contributed by atoms with E-state index in [2.05, 4.69) is 5.32 Å². The Balaban J connectivity index is 1.46. The summed E-state index contributed by atoms with van der Waals surface area (Å²) in [6.07, 6.45) is 3.83. The van der Waals surface area contributed by atoms with Gasteiger partial charge in [-0.15, -0.1) is 0 Å². The minimum Gasteiger partial charge on any atom is -0.486 e. The van der Waals surface area contributed by atoms with Crippen LogP contribution in [0.25, 0.3) is 0 Å². The van der Waals surface area contributed by atoms with Gasteiger partial charge in [0.25, 0.3) is 5.91 Å². The minimum absolute atomic E-state index is 0.0203. The highest BCUT2D eigenvalue weighted by Gasteiger charge is 2.36. The van der Waals surface area contributed by atoms with Crippen molar-refractivity contribution in [2.75, 3.05) is 31.3 Å². The second-order valence-electron chi connectivity index (χ2n) is 9.81. The number of rotatable bonds is 6. The van der Waals surface area contributed by atoms with Crippen molar-refractivity contribution in [3.8, 4) is 23.0 Å². The molecule has 0 unspecified atom stereocenters. The molecule has 202 valence electrons. The molecule has 39 heavy (non-hydrogen) atoms. The van der Waals surface area contributed by atoms with Gasteiger partial charge in [0.1, 0.15) is 38.3 Å². The average Bonchev–Trinajstić information content (AvgIpc) is 3.48. The fourth-order valence-corrected chi connectivity index (χ4v) is 5.29. The lowest BCUT2D eigenvalue weighted by atomic mass is 10.0. The predicted octanol–water partition coefficient (Wildman–Crippen LogP) is 4.82. The van der Waals surface area contributed by atoms with Crippen LogP contribution in [0.4, 0.5) is 10.1 Å². The van der Waals surface area contributed by atoms with Crippen molar-refractivity contribution in [3.05, 3.63) is 77.6 Å². The summed E-state index contributed by atoms with van der Waals surface area (Å²) in [7, 11) is 0. The maximum Gasteiger partial charge on any atom is 0.259 e. The first kappa shape index (κ1) is 25.0. The number of halogens is 1. The minimum atomic E-state index is -1.07. The fourth-order valence-electron chi connectivity index (χ4n) is 5.29. The van der Waals surface area contributed by atoms with Crippen LogP contribution in [-0.2, 0) is 4.79 Å². The molecule has 3 aromatic carbocycles. The van der Waals surface area contributed by atoms with Gasteiger partial charge in [0.2, 0.25) is 5.91 Å². The Bertz CT molecular complexity index is 1370. The summed E-state index contributed by atoms with van der Waals surface area (Å²) in [5.74, 6) is 0.852. The Morgan fingerprint density at radius 1 is 0.769 bits per heavy atom. The molecule has 1 atom stereocenters. The maximum atomic E-state index is 14.3. The monoisotopic (exact) mass is 532 g/mol. The summed E-state index contributed by atoms with van der Waals surface area (Å²) in [5, 5.41) is 3.13. The van der Waals surface area contributed by atoms with Gasteiger partial charge in [-0.3, -0.25) is 14.5 Å². The molecule has 0 bridgehead atoms. The average molecular weight is 533 g/mol. The molecule has 3 aromatic rings. The Kier molecular flexibility index (Phi) is 6.96. The fraction of sp³-hybridized carbons (Fsp3) is 0.333. The summed E-state index contributed by atoms with van der Waals surface area (Å²) in [6.45, 7) is 1.60. The summed E-state index contributed by atoms with van der Waals surface area (Å²) in [4.78, 5) is 29.7. The molecule has 8 nitrogen and oxygen atoms in total. The molecule has 2 heterocycles. The summed E-state index contributed by atoms with van der Waals surface area (Å²) in [6, 6.07) is 14.7. The Morgan fingerprint density at radius 2 is 1.36 bits per heavy atom. The quantitative estimate of drug-likeness (QED) is 0.490. The molecule has 0 aromatic heterocycles. The van der Waals surface area contributed by atoms with Gasteiger partial charge in [0, 0.05) is 23.4 Å². The van der Waals surface area contributed by atoms with Crippen molar-refractivity contribution >= 4 is 17.5 Å². The molecule has 1 saturated carbocycles. The second-order valence-corrected chi connectivity index (χ2v) is 9.81. The molecule has 0 radical (unpaired) electrons. The van der Waals surface area contributed by atoms with E-state index in [1.807, 2.05) is 0 Å². The van der Waals surface area contributed by atoms with E-state index < -0.39 is 17.8 Å². The largest absolute Gasteiger partial charge is 0.486 e. The summed E-state index contributed by atoms with van der Waals surface area (Å²) < 4.78 is 36.8. The number of carbonyl (C=O) groups is 2. The van der Waals surface area contributed by atoms with Crippen LogP contribution in [0.2, 0.25) is 0 Å². The molecule has 0 spiro atoms. The second kappa shape index (κ2) is 10.8. The van der Waals surface area contributed by atoms with Crippen LogP contribution in [0, 0.1) is 5.82 Å². The van der Waals surface area contributed by atoms with Gasteiger partial charge in [0.15, 0.2) is 23.0 Å². The van der Waals surface area contributed by atoms with E-state index in [1.54, 1.807) is 36.4 Å². The molecular formula is C30H29FN2O6. The van der Waals surface area contributed by atoms with E-state index in [0.717, 1.165) is 25.7 Å². The zero-order valence-corrected chi connectivity index (χ0v) is 21.4. The highest BCUT2D eigenvalue weighted by atomic mass is 19.1. The third kappa shape index (κ3) is 5.21. The normalized spacial score (nSPS) is 16.8. The van der Waals surface area contributed by atoms with Gasteiger partial charge >= 0.3 is 0 Å². The van der Waals surface area contributed by atoms with E-state index in [0.29, 0.717) is 66.2 Å². The van der Waals surface area contributed by atoms with Crippen molar-refractivity contribution < 1.29 is 32.9 Å². The number of amides is 2. The third-order valence-corrected chi connectivity index (χ3v) is 7.21. The van der Waals surface area contributed by atoms with E-state index in [4.69, 9.17) is 18.9 Å². The molecule has 6 rings (SSSR count). The Morgan fingerprint density at radius 3 is 2.03 bits per heavy atom. The number of carbonyl (C=O) groups excluding carboxylic acids is 2. The molecule has 2 amide bonds. The lowest BCUT2D eigenvalue weighted by Crippen LogP contribution is -2.46. The SMILES string of the molecule is O=C(NC1CCCC1)[C@@H](c1ccc(F)cc1)N(C(=O)c1ccc2c(c1)OCCO2)c1ccc2c(c1)OCCO2. The van der Waals surface area contributed by atoms with Crippen LogP contribution in [0.3, 0.4) is 0 Å². The van der Waals surface area contributed by atoms with Crippen LogP contribution >= 0.6 is 0 Å². The van der Waals surface area contributed by atoms with Crippen molar-refractivity contribution in [2.45, 2.75) is 37.8 Å².